The van der Waals surface area contributed by atoms with Gasteiger partial charge in [-0.2, -0.15) is 0 Å². The number of nitrogens with two attached hydrogens (primary N) is 1. The molecule has 1 rings (SSSR count). The van der Waals surface area contributed by atoms with Crippen molar-refractivity contribution in [1.82, 2.24) is 5.43 Å². The monoisotopic (exact) mass is 268 g/mol. The van der Waals surface area contributed by atoms with E-state index in [1.807, 2.05) is 18.2 Å². The highest BCUT2D eigenvalue weighted by Gasteiger charge is 2.25. The molecule has 1 aromatic carbocycles. The van der Waals surface area contributed by atoms with E-state index in [0.29, 0.717) is 17.4 Å². The highest BCUT2D eigenvalue weighted by Crippen LogP contribution is 2.32. The Kier molecular flexibility index (Phi) is 6.08. The normalized spacial score (nSPS) is 14.3. The van der Waals surface area contributed by atoms with E-state index in [0.717, 1.165) is 5.56 Å². The van der Waals surface area contributed by atoms with Crippen LogP contribution >= 0.6 is 0 Å². The SMILES string of the molecule is COc1ccc(C(NN)C(OC)C(C)C)cc1OC. The largest absolute Gasteiger partial charge is 0.493 e. The molecular formula is C14H24N2O3. The van der Waals surface area contributed by atoms with Gasteiger partial charge in [0.15, 0.2) is 11.5 Å². The molecule has 0 saturated carbocycles. The van der Waals surface area contributed by atoms with Gasteiger partial charge in [0.05, 0.1) is 26.4 Å². The van der Waals surface area contributed by atoms with E-state index < -0.39 is 0 Å². The fraction of sp³-hybridized carbons (Fsp3) is 0.571. The predicted molar refractivity (Wildman–Crippen MR) is 75.2 cm³/mol. The summed E-state index contributed by atoms with van der Waals surface area (Å²) in [6, 6.07) is 5.63. The Morgan fingerprint density at radius 3 is 2.11 bits per heavy atom. The molecule has 2 atom stereocenters. The summed E-state index contributed by atoms with van der Waals surface area (Å²) in [5.41, 5.74) is 3.82. The predicted octanol–water partition coefficient (Wildman–Crippen LogP) is 1.88. The maximum Gasteiger partial charge on any atom is 0.161 e. The number of hydrazine groups is 1. The highest BCUT2D eigenvalue weighted by molar-refractivity contribution is 5.44. The standard InChI is InChI=1S/C14H24N2O3/c1-9(2)14(19-5)13(16-15)10-6-7-11(17-3)12(8-10)18-4/h6-9,13-14,16H,15H2,1-5H3. The van der Waals surface area contributed by atoms with Crippen molar-refractivity contribution in [2.24, 2.45) is 11.8 Å². The summed E-state index contributed by atoms with van der Waals surface area (Å²) < 4.78 is 16.1. The second kappa shape index (κ2) is 7.33. The van der Waals surface area contributed by atoms with E-state index >= 15 is 0 Å². The molecule has 2 unspecified atom stereocenters. The lowest BCUT2D eigenvalue weighted by Gasteiger charge is -2.29. The molecule has 5 nitrogen and oxygen atoms in total. The summed E-state index contributed by atoms with van der Waals surface area (Å²) in [6.07, 6.45) is -0.0249. The molecule has 0 aliphatic rings. The highest BCUT2D eigenvalue weighted by atomic mass is 16.5. The lowest BCUT2D eigenvalue weighted by Crippen LogP contribution is -2.40. The van der Waals surface area contributed by atoms with E-state index in [2.05, 4.69) is 19.3 Å². The number of rotatable bonds is 7. The van der Waals surface area contributed by atoms with Gasteiger partial charge in [0.2, 0.25) is 0 Å². The Labute approximate surface area is 115 Å². The topological polar surface area (TPSA) is 65.7 Å². The number of methoxy groups -OCH3 is 3. The second-order valence-corrected chi connectivity index (χ2v) is 4.70. The third-order valence-corrected chi connectivity index (χ3v) is 3.20. The van der Waals surface area contributed by atoms with Gasteiger partial charge >= 0.3 is 0 Å². The van der Waals surface area contributed by atoms with Crippen molar-refractivity contribution in [2.75, 3.05) is 21.3 Å². The third kappa shape index (κ3) is 3.59. The van der Waals surface area contributed by atoms with Crippen LogP contribution in [0.5, 0.6) is 11.5 Å². The summed E-state index contributed by atoms with van der Waals surface area (Å²) in [5, 5.41) is 0. The first-order chi connectivity index (χ1) is 9.08. The Balaban J connectivity index is 3.11. The Bertz CT molecular complexity index is 396. The van der Waals surface area contributed by atoms with Crippen molar-refractivity contribution in [3.05, 3.63) is 23.8 Å². The van der Waals surface area contributed by atoms with Crippen molar-refractivity contribution >= 4 is 0 Å². The maximum atomic E-state index is 5.68. The van der Waals surface area contributed by atoms with Crippen molar-refractivity contribution in [2.45, 2.75) is 26.0 Å². The first kappa shape index (κ1) is 15.8. The summed E-state index contributed by atoms with van der Waals surface area (Å²) in [6.45, 7) is 4.19. The fourth-order valence-corrected chi connectivity index (χ4v) is 2.22. The summed E-state index contributed by atoms with van der Waals surface area (Å²) in [4.78, 5) is 0. The molecule has 19 heavy (non-hydrogen) atoms. The molecule has 0 fully saturated rings. The van der Waals surface area contributed by atoms with Crippen LogP contribution in [0.3, 0.4) is 0 Å². The van der Waals surface area contributed by atoms with Crippen molar-refractivity contribution in [1.29, 1.82) is 0 Å². The first-order valence-corrected chi connectivity index (χ1v) is 6.29. The molecule has 0 aliphatic heterocycles. The van der Waals surface area contributed by atoms with E-state index in [1.54, 1.807) is 21.3 Å². The fourth-order valence-electron chi connectivity index (χ4n) is 2.22. The van der Waals surface area contributed by atoms with Crippen LogP contribution < -0.4 is 20.7 Å². The van der Waals surface area contributed by atoms with Gasteiger partial charge in [-0.15, -0.1) is 0 Å². The molecule has 0 spiro atoms. The van der Waals surface area contributed by atoms with Gasteiger partial charge in [0.1, 0.15) is 0 Å². The second-order valence-electron chi connectivity index (χ2n) is 4.70. The molecule has 1 aromatic rings. The Morgan fingerprint density at radius 1 is 1.05 bits per heavy atom. The van der Waals surface area contributed by atoms with E-state index in [1.165, 1.54) is 0 Å². The Hall–Kier alpha value is -1.30. The molecule has 0 bridgehead atoms. The van der Waals surface area contributed by atoms with E-state index in [9.17, 15) is 0 Å². The minimum atomic E-state index is -0.107. The van der Waals surface area contributed by atoms with Gasteiger partial charge in [-0.3, -0.25) is 11.3 Å². The van der Waals surface area contributed by atoms with Crippen molar-refractivity contribution < 1.29 is 14.2 Å². The van der Waals surface area contributed by atoms with Crippen LogP contribution in [0, 0.1) is 5.92 Å². The number of benzene rings is 1. The number of hydrogen-bond acceptors (Lipinski definition) is 5. The van der Waals surface area contributed by atoms with Crippen molar-refractivity contribution in [3.8, 4) is 11.5 Å². The third-order valence-electron chi connectivity index (χ3n) is 3.20. The summed E-state index contributed by atoms with van der Waals surface area (Å²) in [7, 11) is 4.92. The number of nitrogens with one attached hydrogen (secondary N) is 1. The van der Waals surface area contributed by atoms with Gasteiger partial charge in [-0.05, 0) is 23.6 Å². The molecule has 3 N–H and O–H groups in total. The van der Waals surface area contributed by atoms with Crippen LogP contribution in [-0.4, -0.2) is 27.4 Å². The molecule has 0 aliphatic carbocycles. The van der Waals surface area contributed by atoms with Gasteiger partial charge < -0.3 is 14.2 Å². The smallest absolute Gasteiger partial charge is 0.161 e. The van der Waals surface area contributed by atoms with Gasteiger partial charge in [0.25, 0.3) is 0 Å². The lowest BCUT2D eigenvalue weighted by atomic mass is 9.93. The molecule has 0 heterocycles. The zero-order chi connectivity index (χ0) is 14.4. The first-order valence-electron chi connectivity index (χ1n) is 6.29. The summed E-state index contributed by atoms with van der Waals surface area (Å²) in [5.74, 6) is 7.39. The molecular weight excluding hydrogens is 244 g/mol. The molecule has 0 radical (unpaired) electrons. The number of ether oxygens (including phenoxy) is 3. The average Bonchev–Trinajstić information content (AvgIpc) is 2.43. The van der Waals surface area contributed by atoms with Crippen LogP contribution in [0.2, 0.25) is 0 Å². The Morgan fingerprint density at radius 2 is 1.68 bits per heavy atom. The van der Waals surface area contributed by atoms with Crippen molar-refractivity contribution in [3.63, 3.8) is 0 Å². The van der Waals surface area contributed by atoms with Crippen LogP contribution in [0.25, 0.3) is 0 Å². The van der Waals surface area contributed by atoms with Crippen LogP contribution in [0.15, 0.2) is 18.2 Å². The summed E-state index contributed by atoms with van der Waals surface area (Å²) >= 11 is 0. The number of hydrogen-bond donors (Lipinski definition) is 2. The van der Waals surface area contributed by atoms with Crippen LogP contribution in [0.4, 0.5) is 0 Å². The zero-order valence-electron chi connectivity index (χ0n) is 12.3. The molecule has 0 saturated heterocycles. The van der Waals surface area contributed by atoms with Gasteiger partial charge in [0, 0.05) is 7.11 Å². The van der Waals surface area contributed by atoms with E-state index in [4.69, 9.17) is 20.1 Å². The minimum Gasteiger partial charge on any atom is -0.493 e. The van der Waals surface area contributed by atoms with Gasteiger partial charge in [-0.1, -0.05) is 19.9 Å². The van der Waals surface area contributed by atoms with Crippen LogP contribution in [0.1, 0.15) is 25.5 Å². The minimum absolute atomic E-state index is 0.0249. The average molecular weight is 268 g/mol. The molecule has 5 heteroatoms. The molecule has 0 amide bonds. The lowest BCUT2D eigenvalue weighted by molar-refractivity contribution is 0.0325. The zero-order valence-corrected chi connectivity index (χ0v) is 12.3. The quantitative estimate of drug-likeness (QED) is 0.584. The van der Waals surface area contributed by atoms with Gasteiger partial charge in [-0.25, -0.2) is 0 Å². The van der Waals surface area contributed by atoms with E-state index in [-0.39, 0.29) is 12.1 Å². The molecule has 108 valence electrons. The maximum absolute atomic E-state index is 5.68. The van der Waals surface area contributed by atoms with Crippen LogP contribution in [-0.2, 0) is 4.74 Å². The molecule has 0 aromatic heterocycles.